The maximum atomic E-state index is 13.0. The molecule has 0 aliphatic carbocycles. The number of azide groups is 1. The van der Waals surface area contributed by atoms with Crippen LogP contribution in [0.1, 0.15) is 11.1 Å². The van der Waals surface area contributed by atoms with Gasteiger partial charge in [-0.2, -0.15) is 0 Å². The van der Waals surface area contributed by atoms with Crippen molar-refractivity contribution in [1.29, 1.82) is 0 Å². The average Bonchev–Trinajstić information content (AvgIpc) is 2.24. The van der Waals surface area contributed by atoms with Gasteiger partial charge in [0.2, 0.25) is 0 Å². The molecule has 78 valence electrons. The number of hydrogen-bond acceptors (Lipinski definition) is 1. The highest BCUT2D eigenvalue weighted by molar-refractivity contribution is 6.32. The van der Waals surface area contributed by atoms with Crippen LogP contribution >= 0.6 is 11.6 Å². The van der Waals surface area contributed by atoms with Gasteiger partial charge < -0.3 is 0 Å². The van der Waals surface area contributed by atoms with Crippen molar-refractivity contribution in [3.8, 4) is 0 Å². The van der Waals surface area contributed by atoms with Crippen LogP contribution in [0.25, 0.3) is 16.5 Å². The number of halogens is 2. The Morgan fingerprint density at radius 3 is 3.00 bits per heavy atom. The van der Waals surface area contributed by atoms with Crippen LogP contribution < -0.4 is 0 Å². The van der Waals surface area contributed by atoms with Gasteiger partial charge in [-0.25, -0.2) is 4.39 Å². The smallest absolute Gasteiger partial charge is 0.127 e. The summed E-state index contributed by atoms with van der Waals surface area (Å²) < 4.78 is 13.0. The van der Waals surface area contributed by atoms with Gasteiger partial charge in [-0.05, 0) is 24.1 Å². The fraction of sp³-hybridized carbons (Fsp3) is 0.200. The molecule has 0 saturated heterocycles. The highest BCUT2D eigenvalue weighted by atomic mass is 35.5. The molecule has 5 heteroatoms. The molecular weight excluding hydrogens is 217 g/mol. The van der Waals surface area contributed by atoms with Crippen molar-refractivity contribution in [2.24, 2.45) is 5.11 Å². The van der Waals surface area contributed by atoms with E-state index in [0.29, 0.717) is 16.1 Å². The fourth-order valence-corrected chi connectivity index (χ4v) is 1.29. The van der Waals surface area contributed by atoms with Gasteiger partial charge in [0.05, 0.1) is 5.02 Å². The first-order chi connectivity index (χ1) is 7.16. The number of rotatable bonds is 3. The van der Waals surface area contributed by atoms with Crippen molar-refractivity contribution >= 4 is 17.7 Å². The van der Waals surface area contributed by atoms with E-state index in [2.05, 4.69) is 10.0 Å². The van der Waals surface area contributed by atoms with Crippen LogP contribution in [0.3, 0.4) is 0 Å². The lowest BCUT2D eigenvalue weighted by molar-refractivity contribution is 0.618. The Kier molecular flexibility index (Phi) is 4.16. The molecule has 0 unspecified atom stereocenters. The van der Waals surface area contributed by atoms with Crippen LogP contribution in [0, 0.1) is 12.7 Å². The molecule has 0 saturated carbocycles. The molecule has 0 heterocycles. The molecule has 0 amide bonds. The maximum absolute atomic E-state index is 13.0. The van der Waals surface area contributed by atoms with Gasteiger partial charge in [-0.15, -0.1) is 0 Å². The van der Waals surface area contributed by atoms with E-state index in [1.165, 1.54) is 6.07 Å². The molecule has 1 aromatic rings. The van der Waals surface area contributed by atoms with Crippen LogP contribution in [0.15, 0.2) is 23.3 Å². The van der Waals surface area contributed by atoms with Gasteiger partial charge in [0.25, 0.3) is 0 Å². The molecule has 1 aromatic carbocycles. The van der Waals surface area contributed by atoms with Crippen LogP contribution in [-0.4, -0.2) is 6.54 Å². The van der Waals surface area contributed by atoms with E-state index in [9.17, 15) is 4.39 Å². The van der Waals surface area contributed by atoms with Crippen molar-refractivity contribution in [1.82, 2.24) is 0 Å². The van der Waals surface area contributed by atoms with Gasteiger partial charge in [0, 0.05) is 17.0 Å². The van der Waals surface area contributed by atoms with Crippen LogP contribution in [0.4, 0.5) is 4.39 Å². The Labute approximate surface area is 91.8 Å². The monoisotopic (exact) mass is 225 g/mol. The Bertz CT molecular complexity index is 437. The second kappa shape index (κ2) is 5.39. The van der Waals surface area contributed by atoms with E-state index in [-0.39, 0.29) is 12.4 Å². The second-order valence-corrected chi connectivity index (χ2v) is 3.27. The molecule has 0 fully saturated rings. The minimum atomic E-state index is -0.327. The molecule has 0 aliphatic rings. The third kappa shape index (κ3) is 2.98. The minimum absolute atomic E-state index is 0.253. The summed E-state index contributed by atoms with van der Waals surface area (Å²) in [4.78, 5) is 2.60. The molecule has 0 aliphatic heterocycles. The first-order valence-corrected chi connectivity index (χ1v) is 4.66. The summed E-state index contributed by atoms with van der Waals surface area (Å²) >= 11 is 5.92. The second-order valence-electron chi connectivity index (χ2n) is 2.89. The molecule has 15 heavy (non-hydrogen) atoms. The first kappa shape index (κ1) is 11.6. The summed E-state index contributed by atoms with van der Waals surface area (Å²) in [6, 6.07) is 2.94. The lowest BCUT2D eigenvalue weighted by atomic mass is 10.1. The zero-order chi connectivity index (χ0) is 11.3. The zero-order valence-electron chi connectivity index (χ0n) is 8.11. The van der Waals surface area contributed by atoms with E-state index in [4.69, 9.17) is 17.1 Å². The van der Waals surface area contributed by atoms with Gasteiger partial charge >= 0.3 is 0 Å². The van der Waals surface area contributed by atoms with Gasteiger partial charge in [-0.3, -0.25) is 0 Å². The van der Waals surface area contributed by atoms with Gasteiger partial charge in [0.15, 0.2) is 0 Å². The third-order valence-corrected chi connectivity index (χ3v) is 2.40. The van der Waals surface area contributed by atoms with Crippen molar-refractivity contribution in [3.05, 3.63) is 50.6 Å². The SMILES string of the molecule is Cc1c(F)ccc(C=CCN=[N+]=[N-])c1Cl. The Morgan fingerprint density at radius 2 is 2.33 bits per heavy atom. The minimum Gasteiger partial charge on any atom is -0.207 e. The molecule has 0 aromatic heterocycles. The zero-order valence-corrected chi connectivity index (χ0v) is 8.87. The molecular formula is C10H9ClFN3. The first-order valence-electron chi connectivity index (χ1n) is 4.29. The molecule has 0 bridgehead atoms. The summed E-state index contributed by atoms with van der Waals surface area (Å²) in [6.07, 6.45) is 3.36. The predicted molar refractivity (Wildman–Crippen MR) is 59.2 cm³/mol. The molecule has 0 radical (unpaired) electrons. The van der Waals surface area contributed by atoms with Crippen molar-refractivity contribution in [2.75, 3.05) is 6.54 Å². The molecule has 0 atom stereocenters. The van der Waals surface area contributed by atoms with Crippen LogP contribution in [0.2, 0.25) is 5.02 Å². The van der Waals surface area contributed by atoms with E-state index in [1.54, 1.807) is 25.1 Å². The maximum Gasteiger partial charge on any atom is 0.127 e. The van der Waals surface area contributed by atoms with Crippen molar-refractivity contribution < 1.29 is 4.39 Å². The van der Waals surface area contributed by atoms with E-state index >= 15 is 0 Å². The summed E-state index contributed by atoms with van der Waals surface area (Å²) in [6.45, 7) is 1.87. The van der Waals surface area contributed by atoms with Gasteiger partial charge in [-0.1, -0.05) is 34.9 Å². The number of hydrogen-bond donors (Lipinski definition) is 0. The van der Waals surface area contributed by atoms with E-state index < -0.39 is 0 Å². The summed E-state index contributed by atoms with van der Waals surface area (Å²) in [5.74, 6) is -0.327. The number of nitrogens with zero attached hydrogens (tertiary/aromatic N) is 3. The van der Waals surface area contributed by atoms with E-state index in [1.807, 2.05) is 0 Å². The number of benzene rings is 1. The topological polar surface area (TPSA) is 48.8 Å². The van der Waals surface area contributed by atoms with Crippen LogP contribution in [0.5, 0.6) is 0 Å². The van der Waals surface area contributed by atoms with Crippen molar-refractivity contribution in [2.45, 2.75) is 6.92 Å². The summed E-state index contributed by atoms with van der Waals surface area (Å²) in [5, 5.41) is 3.71. The summed E-state index contributed by atoms with van der Waals surface area (Å²) in [7, 11) is 0. The standard InChI is InChI=1S/C10H9ClFN3/c1-7-9(12)5-4-8(10(7)11)3-2-6-14-15-13/h2-5H,6H2,1H3. The lowest BCUT2D eigenvalue weighted by Gasteiger charge is -2.02. The van der Waals surface area contributed by atoms with Gasteiger partial charge in [0.1, 0.15) is 5.82 Å². The Balaban J connectivity index is 2.91. The summed E-state index contributed by atoms with van der Waals surface area (Å²) in [5.41, 5.74) is 9.18. The highest BCUT2D eigenvalue weighted by Gasteiger charge is 2.04. The predicted octanol–water partition coefficient (Wildman–Crippen LogP) is 4.11. The fourth-order valence-electron chi connectivity index (χ4n) is 1.07. The average molecular weight is 226 g/mol. The quantitative estimate of drug-likeness (QED) is 0.422. The normalized spacial score (nSPS) is 10.3. The highest BCUT2D eigenvalue weighted by Crippen LogP contribution is 2.23. The Hall–Kier alpha value is -1.51. The third-order valence-electron chi connectivity index (χ3n) is 1.90. The van der Waals surface area contributed by atoms with Crippen LogP contribution in [-0.2, 0) is 0 Å². The molecule has 0 spiro atoms. The molecule has 3 nitrogen and oxygen atoms in total. The largest absolute Gasteiger partial charge is 0.207 e. The molecule has 1 rings (SSSR count). The van der Waals surface area contributed by atoms with Crippen molar-refractivity contribution in [3.63, 3.8) is 0 Å². The molecule has 0 N–H and O–H groups in total. The van der Waals surface area contributed by atoms with E-state index in [0.717, 1.165) is 0 Å². The Morgan fingerprint density at radius 1 is 1.60 bits per heavy atom. The lowest BCUT2D eigenvalue weighted by Crippen LogP contribution is -1.86.